The van der Waals surface area contributed by atoms with Gasteiger partial charge in [0, 0.05) is 0 Å². The third-order valence-corrected chi connectivity index (χ3v) is 7.05. The second kappa shape index (κ2) is 9.62. The Hall–Kier alpha value is -3.52. The Morgan fingerprint density at radius 2 is 1.83 bits per heavy atom. The number of rotatable bonds is 8. The van der Waals surface area contributed by atoms with Crippen molar-refractivity contribution < 1.29 is 13.9 Å². The minimum absolute atomic E-state index is 0.0560. The van der Waals surface area contributed by atoms with E-state index in [4.69, 9.17) is 9.15 Å². The lowest BCUT2D eigenvalue weighted by Crippen LogP contribution is -2.29. The zero-order valence-electron chi connectivity index (χ0n) is 20.0. The summed E-state index contributed by atoms with van der Waals surface area (Å²) in [4.78, 5) is 28.8. The maximum atomic E-state index is 13.7. The minimum Gasteiger partial charge on any atom is -0.494 e. The number of anilines is 1. The van der Waals surface area contributed by atoms with Crippen LogP contribution in [0.2, 0.25) is 0 Å². The summed E-state index contributed by atoms with van der Waals surface area (Å²) in [6.45, 7) is 6.60. The Labute approximate surface area is 207 Å². The number of benzene rings is 2. The average Bonchev–Trinajstić information content (AvgIpc) is 3.41. The molecule has 8 heteroatoms. The van der Waals surface area contributed by atoms with Gasteiger partial charge in [-0.25, -0.2) is 0 Å². The largest absolute Gasteiger partial charge is 0.494 e. The SMILES string of the molecule is CCCCCCOc1ccc(C2c3c(oc4ccc(C)cc4c3=O)C(=O)N2c2nnc(C)s2)cc1. The molecule has 1 amide bonds. The molecule has 5 rings (SSSR count). The highest BCUT2D eigenvalue weighted by Crippen LogP contribution is 2.42. The molecule has 0 bridgehead atoms. The van der Waals surface area contributed by atoms with Crippen LogP contribution in [0.1, 0.15) is 70.9 Å². The zero-order chi connectivity index (χ0) is 24.5. The Morgan fingerprint density at radius 1 is 1.03 bits per heavy atom. The van der Waals surface area contributed by atoms with Crippen LogP contribution >= 0.6 is 11.3 Å². The predicted molar refractivity (Wildman–Crippen MR) is 137 cm³/mol. The first-order chi connectivity index (χ1) is 17.0. The molecule has 1 atom stereocenters. The number of nitrogens with zero attached hydrogens (tertiary/aromatic N) is 3. The molecular formula is C27H27N3O4S. The lowest BCUT2D eigenvalue weighted by Gasteiger charge is -2.22. The van der Waals surface area contributed by atoms with Gasteiger partial charge in [-0.05, 0) is 50.1 Å². The van der Waals surface area contributed by atoms with Gasteiger partial charge in [-0.2, -0.15) is 0 Å². The first-order valence-electron chi connectivity index (χ1n) is 11.9. The maximum absolute atomic E-state index is 13.7. The number of hydrogen-bond donors (Lipinski definition) is 0. The van der Waals surface area contributed by atoms with Gasteiger partial charge in [0.05, 0.1) is 23.6 Å². The van der Waals surface area contributed by atoms with E-state index in [0.29, 0.717) is 28.3 Å². The van der Waals surface area contributed by atoms with Crippen LogP contribution in [-0.2, 0) is 0 Å². The van der Waals surface area contributed by atoms with Crippen molar-refractivity contribution in [3.05, 3.63) is 80.1 Å². The van der Waals surface area contributed by atoms with Crippen molar-refractivity contribution in [3.63, 3.8) is 0 Å². The Morgan fingerprint density at radius 3 is 2.54 bits per heavy atom. The van der Waals surface area contributed by atoms with Crippen molar-refractivity contribution in [2.24, 2.45) is 0 Å². The first-order valence-corrected chi connectivity index (χ1v) is 12.7. The molecular weight excluding hydrogens is 462 g/mol. The van der Waals surface area contributed by atoms with Crippen LogP contribution in [0, 0.1) is 13.8 Å². The molecule has 1 aliphatic heterocycles. The fourth-order valence-electron chi connectivity index (χ4n) is 4.45. The maximum Gasteiger partial charge on any atom is 0.297 e. The van der Waals surface area contributed by atoms with Crippen molar-refractivity contribution in [1.29, 1.82) is 0 Å². The van der Waals surface area contributed by atoms with E-state index in [1.54, 1.807) is 12.1 Å². The molecule has 2 aromatic heterocycles. The third kappa shape index (κ3) is 4.34. The number of hydrogen-bond acceptors (Lipinski definition) is 7. The monoisotopic (exact) mass is 489 g/mol. The molecule has 180 valence electrons. The van der Waals surface area contributed by atoms with E-state index in [0.717, 1.165) is 34.7 Å². The van der Waals surface area contributed by atoms with Gasteiger partial charge >= 0.3 is 0 Å². The van der Waals surface area contributed by atoms with E-state index in [9.17, 15) is 9.59 Å². The molecule has 0 radical (unpaired) electrons. The summed E-state index contributed by atoms with van der Waals surface area (Å²) in [5.41, 5.74) is 2.25. The molecule has 3 heterocycles. The van der Waals surface area contributed by atoms with Crippen LogP contribution in [0.3, 0.4) is 0 Å². The number of aryl methyl sites for hydroxylation is 2. The number of carbonyl (C=O) groups is 1. The standard InChI is InChI=1S/C27H27N3O4S/c1-4-5-6-7-14-33-19-11-9-18(10-12-19)23-22-24(31)20-15-16(2)8-13-21(20)34-25(22)26(32)30(23)27-29-28-17(3)35-27/h8-13,15,23H,4-7,14H2,1-3H3. The normalized spacial score (nSPS) is 15.1. The highest BCUT2D eigenvalue weighted by Gasteiger charge is 2.45. The second-order valence-corrected chi connectivity index (χ2v) is 9.99. The summed E-state index contributed by atoms with van der Waals surface area (Å²) in [6.07, 6.45) is 4.55. The van der Waals surface area contributed by atoms with E-state index in [1.807, 2.05) is 44.2 Å². The molecule has 0 spiro atoms. The van der Waals surface area contributed by atoms with E-state index in [2.05, 4.69) is 17.1 Å². The Bertz CT molecular complexity index is 1440. The molecule has 35 heavy (non-hydrogen) atoms. The van der Waals surface area contributed by atoms with Crippen molar-refractivity contribution >= 4 is 33.3 Å². The van der Waals surface area contributed by atoms with E-state index < -0.39 is 11.9 Å². The number of amides is 1. The van der Waals surface area contributed by atoms with Crippen molar-refractivity contribution in [2.75, 3.05) is 11.5 Å². The molecule has 0 N–H and O–H groups in total. The van der Waals surface area contributed by atoms with E-state index in [-0.39, 0.29) is 11.2 Å². The summed E-state index contributed by atoms with van der Waals surface area (Å²) in [5.74, 6) is 0.423. The topological polar surface area (TPSA) is 85.5 Å². The molecule has 7 nitrogen and oxygen atoms in total. The predicted octanol–water partition coefficient (Wildman–Crippen LogP) is 5.97. The molecule has 0 saturated carbocycles. The lowest BCUT2D eigenvalue weighted by atomic mass is 9.98. The van der Waals surface area contributed by atoms with Gasteiger partial charge in [0.2, 0.25) is 10.9 Å². The van der Waals surface area contributed by atoms with Crippen molar-refractivity contribution in [1.82, 2.24) is 10.2 Å². The van der Waals surface area contributed by atoms with Crippen LogP contribution in [0.5, 0.6) is 5.75 Å². The smallest absolute Gasteiger partial charge is 0.297 e. The fraction of sp³-hybridized carbons (Fsp3) is 0.333. The highest BCUT2D eigenvalue weighted by molar-refractivity contribution is 7.15. The van der Waals surface area contributed by atoms with Gasteiger partial charge in [0.1, 0.15) is 16.3 Å². The van der Waals surface area contributed by atoms with Crippen LogP contribution in [0.25, 0.3) is 11.0 Å². The quantitative estimate of drug-likeness (QED) is 0.284. The summed E-state index contributed by atoms with van der Waals surface area (Å²) >= 11 is 1.31. The van der Waals surface area contributed by atoms with Crippen LogP contribution in [-0.4, -0.2) is 22.7 Å². The zero-order valence-corrected chi connectivity index (χ0v) is 20.9. The molecule has 4 aromatic rings. The van der Waals surface area contributed by atoms with Gasteiger partial charge in [0.25, 0.3) is 5.91 Å². The van der Waals surface area contributed by atoms with Crippen molar-refractivity contribution in [2.45, 2.75) is 52.5 Å². The van der Waals surface area contributed by atoms with Gasteiger partial charge in [-0.3, -0.25) is 14.5 Å². The van der Waals surface area contributed by atoms with Gasteiger partial charge < -0.3 is 9.15 Å². The molecule has 1 unspecified atom stereocenters. The van der Waals surface area contributed by atoms with Crippen LogP contribution in [0.4, 0.5) is 5.13 Å². The Balaban J connectivity index is 1.56. The van der Waals surface area contributed by atoms with Gasteiger partial charge in [-0.1, -0.05) is 61.3 Å². The molecule has 2 aromatic carbocycles. The number of carbonyl (C=O) groups excluding carboxylic acids is 1. The van der Waals surface area contributed by atoms with E-state index >= 15 is 0 Å². The molecule has 0 fully saturated rings. The third-order valence-electron chi connectivity index (χ3n) is 6.21. The van der Waals surface area contributed by atoms with Crippen LogP contribution < -0.4 is 15.1 Å². The fourth-order valence-corrected chi connectivity index (χ4v) is 5.16. The summed E-state index contributed by atoms with van der Waals surface area (Å²) < 4.78 is 11.9. The molecule has 1 aliphatic rings. The van der Waals surface area contributed by atoms with Gasteiger partial charge in [-0.15, -0.1) is 10.2 Å². The highest BCUT2D eigenvalue weighted by atomic mass is 32.1. The minimum atomic E-state index is -0.662. The summed E-state index contributed by atoms with van der Waals surface area (Å²) in [7, 11) is 0. The number of ether oxygens (including phenoxy) is 1. The van der Waals surface area contributed by atoms with Crippen molar-refractivity contribution in [3.8, 4) is 5.75 Å². The second-order valence-electron chi connectivity index (χ2n) is 8.83. The molecule has 0 aliphatic carbocycles. The summed E-state index contributed by atoms with van der Waals surface area (Å²) in [5, 5.41) is 9.92. The Kier molecular flexibility index (Phi) is 6.38. The van der Waals surface area contributed by atoms with Gasteiger partial charge in [0.15, 0.2) is 5.43 Å². The van der Waals surface area contributed by atoms with Crippen LogP contribution in [0.15, 0.2) is 51.7 Å². The first kappa shape index (κ1) is 23.2. The average molecular weight is 490 g/mol. The van der Waals surface area contributed by atoms with E-state index in [1.165, 1.54) is 29.1 Å². The molecule has 0 saturated heterocycles. The number of unbranched alkanes of at least 4 members (excludes halogenated alkanes) is 3. The number of fused-ring (bicyclic) bond motifs is 2. The lowest BCUT2D eigenvalue weighted by molar-refractivity contribution is 0.0970. The number of aromatic nitrogens is 2. The summed E-state index contributed by atoms with van der Waals surface area (Å²) in [6, 6.07) is 12.3.